The van der Waals surface area contributed by atoms with E-state index in [-0.39, 0.29) is 12.3 Å². The Morgan fingerprint density at radius 1 is 1.12 bits per heavy atom. The van der Waals surface area contributed by atoms with E-state index in [1.807, 2.05) is 25.1 Å². The lowest BCUT2D eigenvalue weighted by molar-refractivity contribution is -0.118. The number of anilines is 1. The quantitative estimate of drug-likeness (QED) is 0.792. The molecule has 3 rings (SSSR count). The van der Waals surface area contributed by atoms with Gasteiger partial charge in [-0.25, -0.2) is 13.8 Å². The first-order valence-corrected chi connectivity index (χ1v) is 7.26. The van der Waals surface area contributed by atoms with Crippen molar-refractivity contribution in [1.29, 1.82) is 0 Å². The van der Waals surface area contributed by atoms with E-state index in [4.69, 9.17) is 4.74 Å². The number of para-hydroxylation sites is 1. The smallest absolute Gasteiger partial charge is 0.262 e. The van der Waals surface area contributed by atoms with Crippen LogP contribution in [0.2, 0.25) is 0 Å². The van der Waals surface area contributed by atoms with Gasteiger partial charge < -0.3 is 10.1 Å². The molecular weight excluding hydrogens is 314 g/mol. The number of hydrogen-bond acceptors (Lipinski definition) is 3. The van der Waals surface area contributed by atoms with Crippen LogP contribution in [0.4, 0.5) is 14.5 Å². The molecule has 4 nitrogen and oxygen atoms in total. The molecule has 1 heterocycles. The lowest BCUT2D eigenvalue weighted by atomic mass is 10.2. The largest absolute Gasteiger partial charge is 0.481 e. The summed E-state index contributed by atoms with van der Waals surface area (Å²) in [5.74, 6) is -1.58. The number of pyridine rings is 1. The maximum Gasteiger partial charge on any atom is 0.262 e. The van der Waals surface area contributed by atoms with Crippen molar-refractivity contribution in [2.75, 3.05) is 11.9 Å². The van der Waals surface area contributed by atoms with Gasteiger partial charge in [0, 0.05) is 22.8 Å². The molecule has 0 radical (unpaired) electrons. The number of carbonyl (C=O) groups is 1. The van der Waals surface area contributed by atoms with Gasteiger partial charge in [0.25, 0.3) is 5.91 Å². The third-order valence-corrected chi connectivity index (χ3v) is 3.33. The van der Waals surface area contributed by atoms with E-state index < -0.39 is 17.5 Å². The summed E-state index contributed by atoms with van der Waals surface area (Å²) < 4.78 is 31.7. The standard InChI is InChI=1S/C18H14F2N2O2/c1-11-5-6-12-3-2-4-16(18(12)21-11)24-10-17(23)22-15-8-13(19)7-14(20)9-15/h2-9H,10H2,1H3,(H,22,23). The number of hydrogen-bond donors (Lipinski definition) is 1. The molecule has 0 saturated carbocycles. The fraction of sp³-hybridized carbons (Fsp3) is 0.111. The number of halogens is 2. The highest BCUT2D eigenvalue weighted by atomic mass is 19.1. The van der Waals surface area contributed by atoms with Crippen molar-refractivity contribution in [2.45, 2.75) is 6.92 Å². The maximum absolute atomic E-state index is 13.1. The van der Waals surface area contributed by atoms with Gasteiger partial charge in [0.05, 0.1) is 0 Å². The molecule has 1 amide bonds. The highest BCUT2D eigenvalue weighted by Crippen LogP contribution is 2.24. The van der Waals surface area contributed by atoms with Crippen molar-refractivity contribution in [3.8, 4) is 5.75 Å². The number of ether oxygens (including phenoxy) is 1. The van der Waals surface area contributed by atoms with Gasteiger partial charge in [-0.2, -0.15) is 0 Å². The highest BCUT2D eigenvalue weighted by Gasteiger charge is 2.09. The topological polar surface area (TPSA) is 51.2 Å². The Kier molecular flexibility index (Phi) is 4.37. The summed E-state index contributed by atoms with van der Waals surface area (Å²) in [7, 11) is 0. The lowest BCUT2D eigenvalue weighted by Crippen LogP contribution is -2.20. The Bertz CT molecular complexity index is 892. The molecule has 0 aliphatic rings. The average molecular weight is 328 g/mol. The summed E-state index contributed by atoms with van der Waals surface area (Å²) in [6, 6.07) is 12.0. The fourth-order valence-electron chi connectivity index (χ4n) is 2.30. The first kappa shape index (κ1) is 15.9. The predicted molar refractivity (Wildman–Crippen MR) is 87.0 cm³/mol. The summed E-state index contributed by atoms with van der Waals surface area (Å²) in [4.78, 5) is 16.3. The second-order valence-electron chi connectivity index (χ2n) is 5.28. The number of benzene rings is 2. The average Bonchev–Trinajstić information content (AvgIpc) is 2.52. The van der Waals surface area contributed by atoms with Crippen LogP contribution in [0.25, 0.3) is 10.9 Å². The SMILES string of the molecule is Cc1ccc2cccc(OCC(=O)Nc3cc(F)cc(F)c3)c2n1. The van der Waals surface area contributed by atoms with Gasteiger partial charge >= 0.3 is 0 Å². The number of rotatable bonds is 4. The molecule has 0 aliphatic heterocycles. The Morgan fingerprint density at radius 2 is 1.88 bits per heavy atom. The van der Waals surface area contributed by atoms with Crippen molar-refractivity contribution < 1.29 is 18.3 Å². The molecule has 6 heteroatoms. The minimum absolute atomic E-state index is 0.0352. The summed E-state index contributed by atoms with van der Waals surface area (Å²) in [5.41, 5.74) is 1.52. The van der Waals surface area contributed by atoms with Gasteiger partial charge in [-0.15, -0.1) is 0 Å². The molecule has 2 aromatic carbocycles. The van der Waals surface area contributed by atoms with Gasteiger partial charge in [-0.1, -0.05) is 18.2 Å². The predicted octanol–water partition coefficient (Wildman–Crippen LogP) is 3.84. The zero-order chi connectivity index (χ0) is 17.1. The van der Waals surface area contributed by atoms with Gasteiger partial charge in [-0.05, 0) is 31.2 Å². The molecule has 3 aromatic rings. The molecule has 122 valence electrons. The number of aromatic nitrogens is 1. The van der Waals surface area contributed by atoms with Crippen molar-refractivity contribution in [3.05, 3.63) is 65.9 Å². The highest BCUT2D eigenvalue weighted by molar-refractivity contribution is 5.92. The molecule has 0 saturated heterocycles. The first-order valence-electron chi connectivity index (χ1n) is 7.26. The molecule has 0 spiro atoms. The van der Waals surface area contributed by atoms with Crippen LogP contribution in [0.3, 0.4) is 0 Å². The fourth-order valence-corrected chi connectivity index (χ4v) is 2.30. The molecule has 1 aromatic heterocycles. The number of amides is 1. The van der Waals surface area contributed by atoms with Crippen molar-refractivity contribution in [1.82, 2.24) is 4.98 Å². The summed E-state index contributed by atoms with van der Waals surface area (Å²) in [6.07, 6.45) is 0. The van der Waals surface area contributed by atoms with Crippen LogP contribution < -0.4 is 10.1 Å². The first-order chi connectivity index (χ1) is 11.5. The maximum atomic E-state index is 13.1. The van der Waals surface area contributed by atoms with E-state index in [9.17, 15) is 13.6 Å². The molecule has 1 N–H and O–H groups in total. The minimum Gasteiger partial charge on any atom is -0.481 e. The van der Waals surface area contributed by atoms with E-state index in [0.717, 1.165) is 29.3 Å². The molecule has 0 aliphatic carbocycles. The van der Waals surface area contributed by atoms with Gasteiger partial charge in [0.15, 0.2) is 6.61 Å². The van der Waals surface area contributed by atoms with Gasteiger partial charge in [0.2, 0.25) is 0 Å². The lowest BCUT2D eigenvalue weighted by Gasteiger charge is -2.10. The van der Waals surface area contributed by atoms with Crippen molar-refractivity contribution in [2.24, 2.45) is 0 Å². The van der Waals surface area contributed by atoms with Crippen molar-refractivity contribution >= 4 is 22.5 Å². The monoisotopic (exact) mass is 328 g/mol. The van der Waals surface area contributed by atoms with E-state index in [1.54, 1.807) is 12.1 Å². The van der Waals surface area contributed by atoms with E-state index in [2.05, 4.69) is 10.3 Å². The molecule has 24 heavy (non-hydrogen) atoms. The van der Waals surface area contributed by atoms with Crippen molar-refractivity contribution in [3.63, 3.8) is 0 Å². The second kappa shape index (κ2) is 6.62. The normalized spacial score (nSPS) is 10.6. The van der Waals surface area contributed by atoms with E-state index in [1.165, 1.54) is 0 Å². The minimum atomic E-state index is -0.764. The van der Waals surface area contributed by atoms with Crippen LogP contribution in [0.5, 0.6) is 5.75 Å². The molecule has 0 fully saturated rings. The summed E-state index contributed by atoms with van der Waals surface area (Å²) >= 11 is 0. The molecule has 0 bridgehead atoms. The summed E-state index contributed by atoms with van der Waals surface area (Å²) in [6.45, 7) is 1.56. The van der Waals surface area contributed by atoms with Crippen LogP contribution in [-0.2, 0) is 4.79 Å². The second-order valence-corrected chi connectivity index (χ2v) is 5.28. The van der Waals surface area contributed by atoms with E-state index in [0.29, 0.717) is 11.3 Å². The van der Waals surface area contributed by atoms with Crippen LogP contribution in [0.15, 0.2) is 48.5 Å². The third kappa shape index (κ3) is 3.65. The summed E-state index contributed by atoms with van der Waals surface area (Å²) in [5, 5.41) is 3.28. The van der Waals surface area contributed by atoms with Crippen LogP contribution in [0.1, 0.15) is 5.69 Å². The Hall–Kier alpha value is -3.02. The van der Waals surface area contributed by atoms with Crippen LogP contribution in [-0.4, -0.2) is 17.5 Å². The van der Waals surface area contributed by atoms with Gasteiger partial charge in [0.1, 0.15) is 22.9 Å². The van der Waals surface area contributed by atoms with Gasteiger partial charge in [-0.3, -0.25) is 4.79 Å². The zero-order valence-corrected chi connectivity index (χ0v) is 12.8. The van der Waals surface area contributed by atoms with Crippen LogP contribution >= 0.6 is 0 Å². The number of fused-ring (bicyclic) bond motifs is 1. The zero-order valence-electron chi connectivity index (χ0n) is 12.8. The Morgan fingerprint density at radius 3 is 2.62 bits per heavy atom. The third-order valence-electron chi connectivity index (χ3n) is 3.33. The Labute approximate surface area is 137 Å². The molecular formula is C18H14F2N2O2. The van der Waals surface area contributed by atoms with E-state index >= 15 is 0 Å². The number of nitrogens with one attached hydrogen (secondary N) is 1. The number of nitrogens with zero attached hydrogens (tertiary/aromatic N) is 1. The molecule has 0 unspecified atom stereocenters. The van der Waals surface area contributed by atoms with Crippen LogP contribution in [0, 0.1) is 18.6 Å². The number of carbonyl (C=O) groups excluding carboxylic acids is 1. The number of aryl methyl sites for hydroxylation is 1. The Balaban J connectivity index is 1.71. The molecule has 0 atom stereocenters.